The van der Waals surface area contributed by atoms with Crippen molar-refractivity contribution in [3.05, 3.63) is 59.4 Å². The summed E-state index contributed by atoms with van der Waals surface area (Å²) >= 11 is 0. The molecule has 0 unspecified atom stereocenters. The summed E-state index contributed by atoms with van der Waals surface area (Å²) in [5.41, 5.74) is 7.54. The number of benzene rings is 1. The minimum absolute atomic E-state index is 0.175. The Morgan fingerprint density at radius 3 is 2.83 bits per heavy atom. The summed E-state index contributed by atoms with van der Waals surface area (Å²) in [6.07, 6.45) is 4.60. The van der Waals surface area contributed by atoms with Gasteiger partial charge in [0.05, 0.1) is 22.3 Å². The maximum Gasteiger partial charge on any atom is 0.266 e. The van der Waals surface area contributed by atoms with Crippen LogP contribution >= 0.6 is 0 Å². The van der Waals surface area contributed by atoms with Crippen LogP contribution in [0.4, 0.5) is 5.69 Å². The average Bonchev–Trinajstić information content (AvgIpc) is 2.41. The molecule has 2 N–H and O–H groups in total. The van der Waals surface area contributed by atoms with Crippen molar-refractivity contribution in [1.82, 2.24) is 14.5 Å². The van der Waals surface area contributed by atoms with E-state index in [-0.39, 0.29) is 5.56 Å². The van der Waals surface area contributed by atoms with Gasteiger partial charge in [-0.2, -0.15) is 0 Å². The van der Waals surface area contributed by atoms with Gasteiger partial charge in [0.1, 0.15) is 6.33 Å². The zero-order chi connectivity index (χ0) is 12.5. The number of para-hydroxylation sites is 2. The molecule has 18 heavy (non-hydrogen) atoms. The second-order valence-corrected chi connectivity index (χ2v) is 3.87. The molecule has 1 aromatic carbocycles. The zero-order valence-electron chi connectivity index (χ0n) is 9.45. The Morgan fingerprint density at radius 2 is 2.00 bits per heavy atom. The van der Waals surface area contributed by atoms with Gasteiger partial charge in [0, 0.05) is 12.4 Å². The molecular formula is C13H10N4O. The minimum atomic E-state index is -0.175. The number of hydrogen-bond donors (Lipinski definition) is 1. The quantitative estimate of drug-likeness (QED) is 0.650. The number of anilines is 1. The van der Waals surface area contributed by atoms with Gasteiger partial charge in [-0.05, 0) is 18.2 Å². The van der Waals surface area contributed by atoms with Crippen molar-refractivity contribution in [2.75, 3.05) is 5.73 Å². The van der Waals surface area contributed by atoms with Crippen LogP contribution in [0.15, 0.2) is 53.8 Å². The summed E-state index contributed by atoms with van der Waals surface area (Å²) in [5, 5.41) is 0.475. The van der Waals surface area contributed by atoms with Crippen LogP contribution in [-0.4, -0.2) is 14.5 Å². The highest BCUT2D eigenvalue weighted by Crippen LogP contribution is 2.15. The average molecular weight is 238 g/mol. The normalized spacial score (nSPS) is 10.7. The van der Waals surface area contributed by atoms with E-state index >= 15 is 0 Å². The van der Waals surface area contributed by atoms with Crippen molar-refractivity contribution >= 4 is 16.6 Å². The molecule has 0 amide bonds. The molecule has 88 valence electrons. The SMILES string of the molecule is Nc1ccccc1-n1ccc2ncncc2c1=O. The highest BCUT2D eigenvalue weighted by atomic mass is 16.1. The topological polar surface area (TPSA) is 73.8 Å². The molecule has 0 bridgehead atoms. The molecule has 5 nitrogen and oxygen atoms in total. The molecule has 3 rings (SSSR count). The fourth-order valence-corrected chi connectivity index (χ4v) is 1.88. The standard InChI is InChI=1S/C13H10N4O/c14-10-3-1-2-4-12(10)17-6-5-11-9(13(17)18)7-15-8-16-11/h1-8H,14H2. The molecule has 0 fully saturated rings. The Bertz CT molecular complexity index is 779. The number of nitrogens with zero attached hydrogens (tertiary/aromatic N) is 3. The summed E-state index contributed by atoms with van der Waals surface area (Å²) < 4.78 is 1.50. The van der Waals surface area contributed by atoms with Gasteiger partial charge in [-0.1, -0.05) is 12.1 Å². The van der Waals surface area contributed by atoms with E-state index in [9.17, 15) is 4.79 Å². The zero-order valence-corrected chi connectivity index (χ0v) is 9.45. The highest BCUT2D eigenvalue weighted by molar-refractivity contribution is 5.76. The molecule has 0 saturated carbocycles. The maximum atomic E-state index is 12.3. The first-order valence-electron chi connectivity index (χ1n) is 5.43. The van der Waals surface area contributed by atoms with Crippen LogP contribution in [-0.2, 0) is 0 Å². The van der Waals surface area contributed by atoms with Crippen molar-refractivity contribution in [2.45, 2.75) is 0 Å². The number of hydrogen-bond acceptors (Lipinski definition) is 4. The van der Waals surface area contributed by atoms with E-state index in [1.54, 1.807) is 24.4 Å². The maximum absolute atomic E-state index is 12.3. The van der Waals surface area contributed by atoms with Crippen LogP contribution in [0, 0.1) is 0 Å². The monoisotopic (exact) mass is 238 g/mol. The summed E-state index contributed by atoms with van der Waals surface area (Å²) in [7, 11) is 0. The third kappa shape index (κ3) is 1.53. The van der Waals surface area contributed by atoms with Gasteiger partial charge in [-0.15, -0.1) is 0 Å². The van der Waals surface area contributed by atoms with Crippen LogP contribution in [0.5, 0.6) is 0 Å². The molecule has 0 saturated heterocycles. The van der Waals surface area contributed by atoms with E-state index in [0.717, 1.165) is 0 Å². The molecule has 2 aromatic heterocycles. The van der Waals surface area contributed by atoms with Crippen molar-refractivity contribution in [2.24, 2.45) is 0 Å². The van der Waals surface area contributed by atoms with Crippen LogP contribution in [0.25, 0.3) is 16.6 Å². The number of pyridine rings is 1. The second-order valence-electron chi connectivity index (χ2n) is 3.87. The Morgan fingerprint density at radius 1 is 1.17 bits per heavy atom. The Kier molecular flexibility index (Phi) is 2.30. The molecule has 3 aromatic rings. The first kappa shape index (κ1) is 10.5. The lowest BCUT2D eigenvalue weighted by molar-refractivity contribution is 1.00. The Balaban J connectivity index is 2.35. The summed E-state index contributed by atoms with van der Waals surface area (Å²) in [4.78, 5) is 20.2. The second kappa shape index (κ2) is 3.96. The molecule has 2 heterocycles. The molecule has 5 heteroatoms. The molecule has 0 radical (unpaired) electrons. The van der Waals surface area contributed by atoms with Crippen LogP contribution in [0.1, 0.15) is 0 Å². The predicted octanol–water partition coefficient (Wildman–Crippen LogP) is 1.36. The van der Waals surface area contributed by atoms with Crippen molar-refractivity contribution < 1.29 is 0 Å². The lowest BCUT2D eigenvalue weighted by Crippen LogP contribution is -2.19. The van der Waals surface area contributed by atoms with Gasteiger partial charge < -0.3 is 5.73 Å². The predicted molar refractivity (Wildman–Crippen MR) is 69.5 cm³/mol. The van der Waals surface area contributed by atoms with E-state index in [1.807, 2.05) is 12.1 Å². The number of nitrogen functional groups attached to an aromatic ring is 1. The summed E-state index contributed by atoms with van der Waals surface area (Å²) in [6.45, 7) is 0. The number of nitrogens with two attached hydrogens (primary N) is 1. The summed E-state index contributed by atoms with van der Waals surface area (Å²) in [6, 6.07) is 8.99. The van der Waals surface area contributed by atoms with Gasteiger partial charge in [0.25, 0.3) is 5.56 Å². The molecule has 0 aliphatic heterocycles. The van der Waals surface area contributed by atoms with Crippen molar-refractivity contribution in [3.8, 4) is 5.69 Å². The van der Waals surface area contributed by atoms with Gasteiger partial charge >= 0.3 is 0 Å². The van der Waals surface area contributed by atoms with E-state index in [0.29, 0.717) is 22.3 Å². The smallest absolute Gasteiger partial charge is 0.266 e. The third-order valence-corrected chi connectivity index (χ3v) is 2.77. The van der Waals surface area contributed by atoms with E-state index in [2.05, 4.69) is 9.97 Å². The van der Waals surface area contributed by atoms with Gasteiger partial charge in [-0.3, -0.25) is 9.36 Å². The highest BCUT2D eigenvalue weighted by Gasteiger charge is 2.07. The van der Waals surface area contributed by atoms with Crippen molar-refractivity contribution in [1.29, 1.82) is 0 Å². The molecule has 0 aliphatic rings. The lowest BCUT2D eigenvalue weighted by atomic mass is 10.2. The Hall–Kier alpha value is -2.69. The first-order valence-corrected chi connectivity index (χ1v) is 5.43. The van der Waals surface area contributed by atoms with Crippen LogP contribution < -0.4 is 11.3 Å². The number of aromatic nitrogens is 3. The van der Waals surface area contributed by atoms with Gasteiger partial charge in [0.15, 0.2) is 0 Å². The van der Waals surface area contributed by atoms with Gasteiger partial charge in [0.2, 0.25) is 0 Å². The fraction of sp³-hybridized carbons (Fsp3) is 0. The van der Waals surface area contributed by atoms with Crippen molar-refractivity contribution in [3.63, 3.8) is 0 Å². The number of rotatable bonds is 1. The number of fused-ring (bicyclic) bond motifs is 1. The molecule has 0 spiro atoms. The fourth-order valence-electron chi connectivity index (χ4n) is 1.88. The van der Waals surface area contributed by atoms with E-state index in [4.69, 9.17) is 5.73 Å². The van der Waals surface area contributed by atoms with E-state index < -0.39 is 0 Å². The van der Waals surface area contributed by atoms with Crippen LogP contribution in [0.3, 0.4) is 0 Å². The first-order chi connectivity index (χ1) is 8.77. The Labute approximate surface area is 103 Å². The molecule has 0 aliphatic carbocycles. The molecule has 0 atom stereocenters. The largest absolute Gasteiger partial charge is 0.397 e. The van der Waals surface area contributed by atoms with E-state index in [1.165, 1.54) is 17.1 Å². The van der Waals surface area contributed by atoms with Gasteiger partial charge in [-0.25, -0.2) is 9.97 Å². The lowest BCUT2D eigenvalue weighted by Gasteiger charge is -2.08. The third-order valence-electron chi connectivity index (χ3n) is 2.77. The molecular weight excluding hydrogens is 228 g/mol. The summed E-state index contributed by atoms with van der Waals surface area (Å²) in [5.74, 6) is 0. The van der Waals surface area contributed by atoms with Crippen LogP contribution in [0.2, 0.25) is 0 Å². The minimum Gasteiger partial charge on any atom is -0.397 e.